The molecule has 0 fully saturated rings. The maximum Gasteiger partial charge on any atom is 0.261 e. The van der Waals surface area contributed by atoms with Crippen LogP contribution in [0, 0.1) is 0 Å². The molecule has 6 heteroatoms. The van der Waals surface area contributed by atoms with Crippen molar-refractivity contribution >= 4 is 11.8 Å². The van der Waals surface area contributed by atoms with Gasteiger partial charge in [0.25, 0.3) is 5.91 Å². The average Bonchev–Trinajstić information content (AvgIpc) is 2.74. The highest BCUT2D eigenvalue weighted by molar-refractivity contribution is 5.88. The molecule has 0 saturated carbocycles. The highest BCUT2D eigenvalue weighted by Gasteiger charge is 2.28. The summed E-state index contributed by atoms with van der Waals surface area (Å²) in [6, 6.07) is 14.5. The van der Waals surface area contributed by atoms with Crippen LogP contribution in [0.4, 0.5) is 0 Å². The summed E-state index contributed by atoms with van der Waals surface area (Å²) in [5.41, 5.74) is 1.71. The fourth-order valence-electron chi connectivity index (χ4n) is 3.16. The van der Waals surface area contributed by atoms with E-state index in [1.807, 2.05) is 69.3 Å². The van der Waals surface area contributed by atoms with Gasteiger partial charge in [-0.2, -0.15) is 0 Å². The predicted octanol–water partition coefficient (Wildman–Crippen LogP) is 4.53. The number of hydrogen-bond donors (Lipinski definition) is 1. The fourth-order valence-corrected chi connectivity index (χ4v) is 3.16. The van der Waals surface area contributed by atoms with Crippen LogP contribution in [0.1, 0.15) is 58.6 Å². The third-order valence-corrected chi connectivity index (χ3v) is 5.09. The first-order valence-corrected chi connectivity index (χ1v) is 11.0. The number of carbonyl (C=O) groups excluding carboxylic acids is 2. The van der Waals surface area contributed by atoms with Gasteiger partial charge in [0.2, 0.25) is 5.91 Å². The summed E-state index contributed by atoms with van der Waals surface area (Å²) >= 11 is 0. The average molecular weight is 441 g/mol. The molecular formula is C26H36N2O4. The zero-order valence-electron chi connectivity index (χ0n) is 20.3. The molecule has 0 aliphatic rings. The van der Waals surface area contributed by atoms with Gasteiger partial charge in [0.1, 0.15) is 17.5 Å². The minimum atomic E-state index is -0.657. The minimum Gasteiger partial charge on any atom is -0.497 e. The smallest absolute Gasteiger partial charge is 0.261 e. The van der Waals surface area contributed by atoms with Crippen molar-refractivity contribution in [3.8, 4) is 11.5 Å². The monoisotopic (exact) mass is 440 g/mol. The minimum absolute atomic E-state index is 0.148. The number of rotatable bonds is 9. The van der Waals surface area contributed by atoms with Crippen molar-refractivity contribution in [2.75, 3.05) is 13.7 Å². The van der Waals surface area contributed by atoms with Crippen molar-refractivity contribution < 1.29 is 19.1 Å². The summed E-state index contributed by atoms with van der Waals surface area (Å²) in [5, 5.41) is 2.96. The highest BCUT2D eigenvalue weighted by Crippen LogP contribution is 2.19. The first-order valence-electron chi connectivity index (χ1n) is 11.0. The van der Waals surface area contributed by atoms with Gasteiger partial charge in [-0.05, 0) is 69.0 Å². The Hall–Kier alpha value is -3.02. The number of benzene rings is 2. The molecule has 1 N–H and O–H groups in total. The summed E-state index contributed by atoms with van der Waals surface area (Å²) in [5.74, 6) is 1.32. The Morgan fingerprint density at radius 1 is 0.938 bits per heavy atom. The van der Waals surface area contributed by atoms with Gasteiger partial charge >= 0.3 is 0 Å². The Morgan fingerprint density at radius 3 is 2.00 bits per heavy atom. The predicted molar refractivity (Wildman–Crippen MR) is 127 cm³/mol. The van der Waals surface area contributed by atoms with Gasteiger partial charge in [0, 0.05) is 12.1 Å². The quantitative estimate of drug-likeness (QED) is 0.622. The van der Waals surface area contributed by atoms with Crippen LogP contribution in [0.2, 0.25) is 0 Å². The van der Waals surface area contributed by atoms with Gasteiger partial charge in [-0.25, -0.2) is 0 Å². The van der Waals surface area contributed by atoms with Crippen LogP contribution >= 0.6 is 0 Å². The van der Waals surface area contributed by atoms with E-state index in [0.29, 0.717) is 11.7 Å². The van der Waals surface area contributed by atoms with E-state index < -0.39 is 11.6 Å². The molecule has 2 rings (SSSR count). The van der Waals surface area contributed by atoms with Gasteiger partial charge in [-0.15, -0.1) is 0 Å². The second-order valence-corrected chi connectivity index (χ2v) is 9.30. The van der Waals surface area contributed by atoms with Gasteiger partial charge < -0.3 is 19.7 Å². The first kappa shape index (κ1) is 25.2. The van der Waals surface area contributed by atoms with Gasteiger partial charge in [-0.3, -0.25) is 9.59 Å². The molecule has 0 aliphatic carbocycles. The Morgan fingerprint density at radius 2 is 1.50 bits per heavy atom. The number of carbonyl (C=O) groups is 2. The summed E-state index contributed by atoms with van der Waals surface area (Å²) in [6.07, 6.45) is 0. The van der Waals surface area contributed by atoms with E-state index in [0.717, 1.165) is 11.3 Å². The molecule has 0 spiro atoms. The Labute approximate surface area is 191 Å². The molecule has 32 heavy (non-hydrogen) atoms. The molecule has 174 valence electrons. The summed E-state index contributed by atoms with van der Waals surface area (Å²) in [6.45, 7) is 11.9. The fraction of sp³-hybridized carbons (Fsp3) is 0.462. The molecular weight excluding hydrogens is 404 g/mol. The molecule has 6 nitrogen and oxygen atoms in total. The summed E-state index contributed by atoms with van der Waals surface area (Å²) in [4.78, 5) is 27.5. The van der Waals surface area contributed by atoms with Crippen molar-refractivity contribution in [1.29, 1.82) is 0 Å². The third-order valence-electron chi connectivity index (χ3n) is 5.09. The van der Waals surface area contributed by atoms with E-state index in [1.165, 1.54) is 5.56 Å². The van der Waals surface area contributed by atoms with E-state index in [1.54, 1.807) is 18.9 Å². The lowest BCUT2D eigenvalue weighted by Crippen LogP contribution is -2.53. The van der Waals surface area contributed by atoms with Crippen molar-refractivity contribution in [3.63, 3.8) is 0 Å². The van der Waals surface area contributed by atoms with E-state index in [-0.39, 0.29) is 25.0 Å². The Bertz CT molecular complexity index is 884. The van der Waals surface area contributed by atoms with Crippen molar-refractivity contribution in [3.05, 3.63) is 59.7 Å². The zero-order valence-corrected chi connectivity index (χ0v) is 20.3. The third kappa shape index (κ3) is 7.59. The van der Waals surface area contributed by atoms with E-state index >= 15 is 0 Å². The maximum atomic E-state index is 13.1. The standard InChI is InChI=1S/C26H36N2O4/c1-18(2)21-10-14-23(15-11-21)32-17-24(29)28(19(3)25(30)27-26(4,5)6)16-20-8-12-22(31-7)13-9-20/h8-15,18-19H,16-17H2,1-7H3,(H,27,30). The van der Waals surface area contributed by atoms with Crippen molar-refractivity contribution in [2.45, 2.75) is 65.6 Å². The zero-order chi connectivity index (χ0) is 23.9. The molecule has 0 aromatic heterocycles. The van der Waals surface area contributed by atoms with Crippen LogP contribution < -0.4 is 14.8 Å². The SMILES string of the molecule is COc1ccc(CN(C(=O)COc2ccc(C(C)C)cc2)C(C)C(=O)NC(C)(C)C)cc1. The molecule has 2 aromatic rings. The number of hydrogen-bond acceptors (Lipinski definition) is 4. The molecule has 1 atom stereocenters. The highest BCUT2D eigenvalue weighted by atomic mass is 16.5. The molecule has 0 bridgehead atoms. The van der Waals surface area contributed by atoms with Crippen LogP contribution in [-0.4, -0.2) is 42.0 Å². The maximum absolute atomic E-state index is 13.1. The van der Waals surface area contributed by atoms with Gasteiger partial charge in [0.15, 0.2) is 6.61 Å². The lowest BCUT2D eigenvalue weighted by atomic mass is 10.0. The number of nitrogens with one attached hydrogen (secondary N) is 1. The molecule has 0 saturated heterocycles. The van der Waals surface area contributed by atoms with Crippen molar-refractivity contribution in [1.82, 2.24) is 10.2 Å². The second-order valence-electron chi connectivity index (χ2n) is 9.30. The summed E-state index contributed by atoms with van der Waals surface area (Å²) < 4.78 is 11.0. The lowest BCUT2D eigenvalue weighted by Gasteiger charge is -2.31. The topological polar surface area (TPSA) is 67.9 Å². The number of nitrogens with zero attached hydrogens (tertiary/aromatic N) is 1. The van der Waals surface area contributed by atoms with Crippen molar-refractivity contribution in [2.24, 2.45) is 0 Å². The number of ether oxygens (including phenoxy) is 2. The van der Waals surface area contributed by atoms with E-state index in [2.05, 4.69) is 19.2 Å². The van der Waals surface area contributed by atoms with Crippen LogP contribution in [0.5, 0.6) is 11.5 Å². The lowest BCUT2D eigenvalue weighted by molar-refractivity contribution is -0.142. The molecule has 0 radical (unpaired) electrons. The van der Waals surface area contributed by atoms with E-state index in [4.69, 9.17) is 9.47 Å². The van der Waals surface area contributed by atoms with Gasteiger partial charge in [-0.1, -0.05) is 38.1 Å². The molecule has 0 aliphatic heterocycles. The van der Waals surface area contributed by atoms with Crippen LogP contribution in [0.25, 0.3) is 0 Å². The van der Waals surface area contributed by atoms with E-state index in [9.17, 15) is 9.59 Å². The number of methoxy groups -OCH3 is 1. The normalized spacial score (nSPS) is 12.2. The molecule has 1 unspecified atom stereocenters. The Kier molecular flexibility index (Phi) is 8.70. The van der Waals surface area contributed by atoms with Gasteiger partial charge in [0.05, 0.1) is 7.11 Å². The Balaban J connectivity index is 2.15. The largest absolute Gasteiger partial charge is 0.497 e. The van der Waals surface area contributed by atoms with Crippen LogP contribution in [0.15, 0.2) is 48.5 Å². The molecule has 2 aromatic carbocycles. The molecule has 2 amide bonds. The van der Waals surface area contributed by atoms with Crippen LogP contribution in [0.3, 0.4) is 0 Å². The second kappa shape index (κ2) is 11.0. The molecule has 0 heterocycles. The number of amides is 2. The van der Waals surface area contributed by atoms with Crippen LogP contribution in [-0.2, 0) is 16.1 Å². The first-order chi connectivity index (χ1) is 15.0. The summed E-state index contributed by atoms with van der Waals surface area (Å²) in [7, 11) is 1.61.